The largest absolute Gasteiger partial charge is 0.481 e. The number of rotatable bonds is 4. The van der Waals surface area contributed by atoms with Crippen molar-refractivity contribution in [1.29, 1.82) is 0 Å². The smallest absolute Gasteiger partial charge is 0.320 e. The highest BCUT2D eigenvalue weighted by Crippen LogP contribution is 2.26. The van der Waals surface area contributed by atoms with Gasteiger partial charge in [0, 0.05) is 30.6 Å². The van der Waals surface area contributed by atoms with Crippen LogP contribution >= 0.6 is 11.8 Å². The van der Waals surface area contributed by atoms with Crippen LogP contribution in [-0.2, 0) is 4.79 Å². The predicted octanol–water partition coefficient (Wildman–Crippen LogP) is 2.65. The normalized spacial score (nSPS) is 23.9. The number of carbonyl (C=O) groups excluding carboxylic acids is 1. The fourth-order valence-electron chi connectivity index (χ4n) is 3.38. The van der Waals surface area contributed by atoms with Gasteiger partial charge in [-0.25, -0.2) is 4.79 Å². The number of carboxylic acid groups (broad SMARTS) is 1. The molecule has 21 heavy (non-hydrogen) atoms. The van der Waals surface area contributed by atoms with E-state index in [1.54, 1.807) is 11.8 Å². The van der Waals surface area contributed by atoms with Crippen molar-refractivity contribution in [3.63, 3.8) is 0 Å². The van der Waals surface area contributed by atoms with Crippen LogP contribution in [0.3, 0.4) is 0 Å². The fourth-order valence-corrected chi connectivity index (χ4v) is 4.45. The van der Waals surface area contributed by atoms with Gasteiger partial charge in [-0.1, -0.05) is 19.3 Å². The molecule has 1 unspecified atom stereocenters. The number of aliphatic carboxylic acids is 1. The van der Waals surface area contributed by atoms with Crippen molar-refractivity contribution in [2.45, 2.75) is 57.5 Å². The number of carbonyl (C=O) groups is 2. The molecule has 1 aliphatic carbocycles. The van der Waals surface area contributed by atoms with E-state index in [0.29, 0.717) is 19.1 Å². The maximum Gasteiger partial charge on any atom is 0.320 e. The Bertz CT molecular complexity index is 372. The lowest BCUT2D eigenvalue weighted by atomic mass is 9.94. The average Bonchev–Trinajstić information content (AvgIpc) is 2.49. The molecule has 2 amide bonds. The van der Waals surface area contributed by atoms with Gasteiger partial charge in [0.25, 0.3) is 0 Å². The minimum absolute atomic E-state index is 0.0518. The van der Waals surface area contributed by atoms with Gasteiger partial charge in [-0.15, -0.1) is 0 Å². The summed E-state index contributed by atoms with van der Waals surface area (Å²) in [7, 11) is 0. The second-order valence-corrected chi connectivity index (χ2v) is 7.03. The first kappa shape index (κ1) is 16.5. The van der Waals surface area contributed by atoms with Gasteiger partial charge in [-0.3, -0.25) is 4.79 Å². The van der Waals surface area contributed by atoms with Gasteiger partial charge in [0.05, 0.1) is 12.5 Å². The van der Waals surface area contributed by atoms with E-state index in [-0.39, 0.29) is 18.5 Å². The van der Waals surface area contributed by atoms with Crippen molar-refractivity contribution < 1.29 is 14.7 Å². The maximum atomic E-state index is 12.9. The first-order chi connectivity index (χ1) is 10.1. The maximum absolute atomic E-state index is 12.9. The Morgan fingerprint density at radius 3 is 2.62 bits per heavy atom. The van der Waals surface area contributed by atoms with Crippen LogP contribution in [0, 0.1) is 0 Å². The van der Waals surface area contributed by atoms with Crippen LogP contribution in [0.25, 0.3) is 0 Å². The molecule has 0 spiro atoms. The molecular formula is C15H26N2O3S. The zero-order valence-electron chi connectivity index (χ0n) is 12.8. The summed E-state index contributed by atoms with van der Waals surface area (Å²) in [6, 6.07) is 0.235. The van der Waals surface area contributed by atoms with Crippen LogP contribution in [0.1, 0.15) is 45.4 Å². The summed E-state index contributed by atoms with van der Waals surface area (Å²) in [5.74, 6) is 0.825. The van der Waals surface area contributed by atoms with Gasteiger partial charge in [0.15, 0.2) is 0 Å². The highest BCUT2D eigenvalue weighted by atomic mass is 32.2. The number of hydrogen-bond acceptors (Lipinski definition) is 3. The van der Waals surface area contributed by atoms with Gasteiger partial charge in [-0.2, -0.15) is 11.8 Å². The van der Waals surface area contributed by atoms with E-state index in [1.807, 2.05) is 16.7 Å². The summed E-state index contributed by atoms with van der Waals surface area (Å²) in [5.41, 5.74) is 0. The lowest BCUT2D eigenvalue weighted by molar-refractivity contribution is -0.138. The summed E-state index contributed by atoms with van der Waals surface area (Å²) in [4.78, 5) is 27.7. The van der Waals surface area contributed by atoms with Gasteiger partial charge >= 0.3 is 12.0 Å². The third-order valence-corrected chi connectivity index (χ3v) is 5.58. The van der Waals surface area contributed by atoms with Crippen molar-refractivity contribution in [3.8, 4) is 0 Å². The van der Waals surface area contributed by atoms with Crippen LogP contribution in [0.2, 0.25) is 0 Å². The molecule has 0 bridgehead atoms. The van der Waals surface area contributed by atoms with Crippen LogP contribution < -0.4 is 0 Å². The van der Waals surface area contributed by atoms with Gasteiger partial charge in [-0.05, 0) is 19.8 Å². The molecule has 2 fully saturated rings. The summed E-state index contributed by atoms with van der Waals surface area (Å²) in [6.07, 6.45) is 5.90. The molecule has 2 aliphatic rings. The van der Waals surface area contributed by atoms with E-state index in [0.717, 1.165) is 24.3 Å². The van der Waals surface area contributed by atoms with Crippen LogP contribution in [0.5, 0.6) is 0 Å². The molecule has 1 atom stereocenters. The minimum Gasteiger partial charge on any atom is -0.481 e. The number of thioether (sulfide) groups is 1. The van der Waals surface area contributed by atoms with Crippen molar-refractivity contribution in [1.82, 2.24) is 9.80 Å². The summed E-state index contributed by atoms with van der Waals surface area (Å²) >= 11 is 1.75. The Labute approximate surface area is 131 Å². The first-order valence-electron chi connectivity index (χ1n) is 8.00. The second-order valence-electron chi connectivity index (χ2n) is 5.88. The molecule has 6 heteroatoms. The van der Waals surface area contributed by atoms with Crippen LogP contribution in [-0.4, -0.2) is 63.6 Å². The monoisotopic (exact) mass is 314 g/mol. The number of hydrogen-bond donors (Lipinski definition) is 1. The van der Waals surface area contributed by atoms with Crippen molar-refractivity contribution in [2.24, 2.45) is 0 Å². The highest BCUT2D eigenvalue weighted by Gasteiger charge is 2.34. The Balaban J connectivity index is 2.04. The van der Waals surface area contributed by atoms with Crippen molar-refractivity contribution in [3.05, 3.63) is 0 Å². The van der Waals surface area contributed by atoms with E-state index in [4.69, 9.17) is 5.11 Å². The fraction of sp³-hybridized carbons (Fsp3) is 0.867. The molecule has 0 radical (unpaired) electrons. The molecule has 120 valence electrons. The number of amides is 2. The zero-order chi connectivity index (χ0) is 15.2. The average molecular weight is 314 g/mol. The molecule has 1 heterocycles. The highest BCUT2D eigenvalue weighted by molar-refractivity contribution is 7.99. The lowest BCUT2D eigenvalue weighted by Gasteiger charge is -2.41. The van der Waals surface area contributed by atoms with Crippen molar-refractivity contribution >= 4 is 23.8 Å². The zero-order valence-corrected chi connectivity index (χ0v) is 13.6. The molecule has 1 saturated carbocycles. The van der Waals surface area contributed by atoms with Crippen molar-refractivity contribution in [2.75, 3.05) is 24.6 Å². The molecule has 5 nitrogen and oxygen atoms in total. The topological polar surface area (TPSA) is 60.9 Å². The van der Waals surface area contributed by atoms with E-state index in [2.05, 4.69) is 0 Å². The van der Waals surface area contributed by atoms with Crippen LogP contribution in [0.4, 0.5) is 4.79 Å². The quantitative estimate of drug-likeness (QED) is 0.866. The SMILES string of the molecule is CCN(C(=O)N1CCSCC1CC(=O)O)C1CCCCC1. The molecule has 1 aliphatic heterocycles. The third-order valence-electron chi connectivity index (χ3n) is 4.49. The standard InChI is InChI=1S/C15H26N2O3S/c1-2-16(12-6-4-3-5-7-12)15(20)17-8-9-21-11-13(17)10-14(18)19/h12-13H,2-11H2,1H3,(H,18,19). The van der Waals surface area contributed by atoms with Gasteiger partial charge < -0.3 is 14.9 Å². The Hall–Kier alpha value is -0.910. The van der Waals surface area contributed by atoms with E-state index in [9.17, 15) is 9.59 Å². The summed E-state index contributed by atoms with van der Waals surface area (Å²) in [5, 5.41) is 9.05. The number of urea groups is 1. The van der Waals surface area contributed by atoms with Gasteiger partial charge in [0.1, 0.15) is 0 Å². The molecular weight excluding hydrogens is 288 g/mol. The second kappa shape index (κ2) is 7.92. The molecule has 1 N–H and O–H groups in total. The molecule has 0 aromatic carbocycles. The minimum atomic E-state index is -0.819. The molecule has 2 rings (SSSR count). The third kappa shape index (κ3) is 4.28. The summed E-state index contributed by atoms with van der Waals surface area (Å²) < 4.78 is 0. The van der Waals surface area contributed by atoms with E-state index >= 15 is 0 Å². The predicted molar refractivity (Wildman–Crippen MR) is 84.7 cm³/mol. The molecule has 0 aromatic heterocycles. The van der Waals surface area contributed by atoms with E-state index in [1.165, 1.54) is 19.3 Å². The number of nitrogens with zero attached hydrogens (tertiary/aromatic N) is 2. The first-order valence-corrected chi connectivity index (χ1v) is 9.15. The molecule has 1 saturated heterocycles. The Morgan fingerprint density at radius 1 is 1.29 bits per heavy atom. The van der Waals surface area contributed by atoms with Crippen LogP contribution in [0.15, 0.2) is 0 Å². The molecule has 0 aromatic rings. The summed E-state index contributed by atoms with van der Waals surface area (Å²) in [6.45, 7) is 3.41. The van der Waals surface area contributed by atoms with E-state index < -0.39 is 5.97 Å². The lowest BCUT2D eigenvalue weighted by Crippen LogP contribution is -2.55. The Kier molecular flexibility index (Phi) is 6.21. The Morgan fingerprint density at radius 2 is 2.00 bits per heavy atom. The number of carboxylic acids is 1. The van der Waals surface area contributed by atoms with Gasteiger partial charge in [0.2, 0.25) is 0 Å².